The zero-order chi connectivity index (χ0) is 12.5. The molecule has 0 atom stereocenters. The van der Waals surface area contributed by atoms with E-state index in [1.54, 1.807) is 24.5 Å². The summed E-state index contributed by atoms with van der Waals surface area (Å²) in [6.07, 6.45) is 4.74. The monoisotopic (exact) mass is 239 g/mol. The van der Waals surface area contributed by atoms with E-state index in [1.165, 1.54) is 6.33 Å². The number of fused-ring (bicyclic) bond motifs is 1. The van der Waals surface area contributed by atoms with Crippen molar-refractivity contribution in [1.82, 2.24) is 19.9 Å². The molecule has 0 aliphatic rings. The Morgan fingerprint density at radius 3 is 2.72 bits per heavy atom. The highest BCUT2D eigenvalue weighted by atomic mass is 16.1. The highest BCUT2D eigenvalue weighted by Gasteiger charge is 2.11. The first kappa shape index (κ1) is 10.4. The van der Waals surface area contributed by atoms with Gasteiger partial charge in [-0.1, -0.05) is 6.07 Å². The van der Waals surface area contributed by atoms with Crippen molar-refractivity contribution in [2.24, 2.45) is 5.73 Å². The van der Waals surface area contributed by atoms with Gasteiger partial charge >= 0.3 is 0 Å². The van der Waals surface area contributed by atoms with Crippen molar-refractivity contribution in [2.45, 2.75) is 0 Å². The largest absolute Gasteiger partial charge is 0.366 e. The minimum Gasteiger partial charge on any atom is -0.366 e. The van der Waals surface area contributed by atoms with Gasteiger partial charge in [0.2, 0.25) is 0 Å². The Morgan fingerprint density at radius 2 is 2.00 bits per heavy atom. The van der Waals surface area contributed by atoms with Gasteiger partial charge in [-0.2, -0.15) is 0 Å². The van der Waals surface area contributed by atoms with Gasteiger partial charge in [-0.05, 0) is 12.1 Å². The highest BCUT2D eigenvalue weighted by Crippen LogP contribution is 2.21. The zero-order valence-corrected chi connectivity index (χ0v) is 9.29. The molecule has 1 amide bonds. The second-order valence-corrected chi connectivity index (χ2v) is 3.78. The second kappa shape index (κ2) is 3.92. The molecule has 3 N–H and O–H groups in total. The van der Waals surface area contributed by atoms with E-state index >= 15 is 0 Å². The number of hydrogen-bond donors (Lipinski definition) is 2. The Labute approximate surface area is 102 Å². The summed E-state index contributed by atoms with van der Waals surface area (Å²) in [7, 11) is 0. The maximum absolute atomic E-state index is 11.3. The standard InChI is InChI=1S/C12H9N5O/c13-11(18)8-2-1-3-9-10(8)17-12(16-9)7-4-14-6-15-5-7/h1-6H,(H2,13,18)(H,16,17). The average molecular weight is 239 g/mol. The van der Waals surface area contributed by atoms with Gasteiger partial charge in [0.25, 0.3) is 5.91 Å². The van der Waals surface area contributed by atoms with Crippen LogP contribution in [0, 0.1) is 0 Å². The van der Waals surface area contributed by atoms with Gasteiger partial charge in [0.1, 0.15) is 17.7 Å². The predicted molar refractivity (Wildman–Crippen MR) is 65.6 cm³/mol. The average Bonchev–Trinajstić information content (AvgIpc) is 2.83. The van der Waals surface area contributed by atoms with Crippen LogP contribution in [0.3, 0.4) is 0 Å². The fraction of sp³-hybridized carbons (Fsp3) is 0. The van der Waals surface area contributed by atoms with Crippen LogP contribution in [0.15, 0.2) is 36.9 Å². The maximum atomic E-state index is 11.3. The van der Waals surface area contributed by atoms with Gasteiger partial charge in [-0.25, -0.2) is 15.0 Å². The van der Waals surface area contributed by atoms with Crippen molar-refractivity contribution in [3.8, 4) is 11.4 Å². The first-order valence-electron chi connectivity index (χ1n) is 5.29. The van der Waals surface area contributed by atoms with Gasteiger partial charge in [-0.15, -0.1) is 0 Å². The molecule has 6 heteroatoms. The van der Waals surface area contributed by atoms with Crippen molar-refractivity contribution in [1.29, 1.82) is 0 Å². The van der Waals surface area contributed by atoms with Gasteiger partial charge in [-0.3, -0.25) is 4.79 Å². The molecular weight excluding hydrogens is 230 g/mol. The molecule has 0 saturated heterocycles. The number of benzene rings is 1. The number of hydrogen-bond acceptors (Lipinski definition) is 4. The lowest BCUT2D eigenvalue weighted by molar-refractivity contribution is 0.100. The summed E-state index contributed by atoms with van der Waals surface area (Å²) in [6, 6.07) is 5.24. The number of amides is 1. The molecule has 0 bridgehead atoms. The van der Waals surface area contributed by atoms with E-state index in [-0.39, 0.29) is 0 Å². The lowest BCUT2D eigenvalue weighted by Crippen LogP contribution is -2.11. The molecule has 1 aromatic carbocycles. The van der Waals surface area contributed by atoms with Crippen LogP contribution >= 0.6 is 0 Å². The van der Waals surface area contributed by atoms with E-state index < -0.39 is 5.91 Å². The lowest BCUT2D eigenvalue weighted by atomic mass is 10.2. The van der Waals surface area contributed by atoms with E-state index in [9.17, 15) is 4.79 Å². The molecule has 6 nitrogen and oxygen atoms in total. The van der Waals surface area contributed by atoms with Crippen LogP contribution in [0.25, 0.3) is 22.4 Å². The van der Waals surface area contributed by atoms with Crippen LogP contribution in [0.5, 0.6) is 0 Å². The number of carbonyl (C=O) groups excluding carboxylic acids is 1. The number of aromatic amines is 1. The topological polar surface area (TPSA) is 97.6 Å². The Hall–Kier alpha value is -2.76. The third-order valence-corrected chi connectivity index (χ3v) is 2.61. The van der Waals surface area contributed by atoms with E-state index in [2.05, 4.69) is 19.9 Å². The number of nitrogens with zero attached hydrogens (tertiary/aromatic N) is 3. The molecule has 2 heterocycles. The summed E-state index contributed by atoms with van der Waals surface area (Å²) >= 11 is 0. The molecule has 0 fully saturated rings. The number of imidazole rings is 1. The molecule has 3 rings (SSSR count). The molecular formula is C12H9N5O. The Kier molecular flexibility index (Phi) is 2.26. The van der Waals surface area contributed by atoms with E-state index in [4.69, 9.17) is 5.73 Å². The predicted octanol–water partition coefficient (Wildman–Crippen LogP) is 1.12. The molecule has 0 unspecified atom stereocenters. The molecule has 0 aliphatic carbocycles. The van der Waals surface area contributed by atoms with E-state index in [0.29, 0.717) is 16.9 Å². The summed E-state index contributed by atoms with van der Waals surface area (Å²) in [5, 5.41) is 0. The molecule has 18 heavy (non-hydrogen) atoms. The molecule has 0 aliphatic heterocycles. The smallest absolute Gasteiger partial charge is 0.250 e. The van der Waals surface area contributed by atoms with Crippen molar-refractivity contribution in [3.63, 3.8) is 0 Å². The number of primary amides is 1. The van der Waals surface area contributed by atoms with Gasteiger partial charge in [0.05, 0.1) is 16.6 Å². The van der Waals surface area contributed by atoms with Crippen LogP contribution in [0.2, 0.25) is 0 Å². The van der Waals surface area contributed by atoms with Crippen molar-refractivity contribution in [2.75, 3.05) is 0 Å². The first-order valence-corrected chi connectivity index (χ1v) is 5.29. The number of nitrogens with one attached hydrogen (secondary N) is 1. The van der Waals surface area contributed by atoms with Crippen molar-refractivity contribution in [3.05, 3.63) is 42.5 Å². The van der Waals surface area contributed by atoms with Crippen LogP contribution in [0.4, 0.5) is 0 Å². The van der Waals surface area contributed by atoms with Gasteiger partial charge < -0.3 is 10.7 Å². The molecule has 0 saturated carbocycles. The number of para-hydroxylation sites is 1. The van der Waals surface area contributed by atoms with Gasteiger partial charge in [0, 0.05) is 12.4 Å². The van der Waals surface area contributed by atoms with Crippen LogP contribution in [-0.4, -0.2) is 25.8 Å². The van der Waals surface area contributed by atoms with Crippen LogP contribution < -0.4 is 5.73 Å². The highest BCUT2D eigenvalue weighted by molar-refractivity contribution is 6.04. The molecule has 2 aromatic heterocycles. The summed E-state index contributed by atoms with van der Waals surface area (Å²) < 4.78 is 0. The van der Waals surface area contributed by atoms with Crippen molar-refractivity contribution < 1.29 is 4.79 Å². The molecule has 0 radical (unpaired) electrons. The minimum atomic E-state index is -0.497. The third kappa shape index (κ3) is 1.60. The quantitative estimate of drug-likeness (QED) is 0.700. The number of rotatable bonds is 2. The SMILES string of the molecule is NC(=O)c1cccc2[nH]c(-c3cncnc3)nc12. The molecule has 88 valence electrons. The summed E-state index contributed by atoms with van der Waals surface area (Å²) in [5.74, 6) is 0.113. The summed E-state index contributed by atoms with van der Waals surface area (Å²) in [4.78, 5) is 26.6. The lowest BCUT2D eigenvalue weighted by Gasteiger charge is -1.94. The fourth-order valence-electron chi connectivity index (χ4n) is 1.79. The number of nitrogens with two attached hydrogens (primary N) is 1. The van der Waals surface area contributed by atoms with Gasteiger partial charge in [0.15, 0.2) is 0 Å². The Balaban J connectivity index is 2.23. The van der Waals surface area contributed by atoms with E-state index in [0.717, 1.165) is 11.1 Å². The summed E-state index contributed by atoms with van der Waals surface area (Å²) in [5.41, 5.74) is 7.77. The maximum Gasteiger partial charge on any atom is 0.250 e. The fourth-order valence-corrected chi connectivity index (χ4v) is 1.79. The normalized spacial score (nSPS) is 10.7. The van der Waals surface area contributed by atoms with Crippen LogP contribution in [-0.2, 0) is 0 Å². The zero-order valence-electron chi connectivity index (χ0n) is 9.29. The van der Waals surface area contributed by atoms with E-state index in [1.807, 2.05) is 6.07 Å². The number of carbonyl (C=O) groups is 1. The second-order valence-electron chi connectivity index (χ2n) is 3.78. The number of H-pyrrole nitrogens is 1. The number of aromatic nitrogens is 4. The van der Waals surface area contributed by atoms with Crippen LogP contribution in [0.1, 0.15) is 10.4 Å². The molecule has 0 spiro atoms. The third-order valence-electron chi connectivity index (χ3n) is 2.61. The summed E-state index contributed by atoms with van der Waals surface area (Å²) in [6.45, 7) is 0. The first-order chi connectivity index (χ1) is 8.75. The van der Waals surface area contributed by atoms with Crippen molar-refractivity contribution >= 4 is 16.9 Å². The minimum absolute atomic E-state index is 0.395. The Bertz CT molecular complexity index is 720. The molecule has 3 aromatic rings. The Morgan fingerprint density at radius 1 is 1.22 bits per heavy atom.